The molecule has 0 radical (unpaired) electrons. The summed E-state index contributed by atoms with van der Waals surface area (Å²) >= 11 is 0. The first-order chi connectivity index (χ1) is 17.5. The molecule has 1 aromatic carbocycles. The molecule has 0 heterocycles. The van der Waals surface area contributed by atoms with Gasteiger partial charge in [0.05, 0.1) is 39.3 Å². The maximum atomic E-state index is 13.9. The third-order valence-electron chi connectivity index (χ3n) is 8.81. The van der Waals surface area contributed by atoms with Crippen LogP contribution in [-0.2, 0) is 23.4 Å². The zero-order valence-electron chi connectivity index (χ0n) is 24.4. The number of rotatable bonds is 11. The number of fused-ring (bicyclic) bond motifs is 2. The lowest BCUT2D eigenvalue weighted by atomic mass is 9.60. The van der Waals surface area contributed by atoms with Crippen LogP contribution in [-0.4, -0.2) is 61.5 Å². The molecule has 1 fully saturated rings. The van der Waals surface area contributed by atoms with E-state index in [0.29, 0.717) is 40.3 Å². The van der Waals surface area contributed by atoms with Crippen molar-refractivity contribution in [3.05, 3.63) is 35.6 Å². The topological polar surface area (TPSA) is 72.5 Å². The Kier molecular flexibility index (Phi) is 9.21. The molecule has 208 valence electrons. The normalized spacial score (nSPS) is 25.5. The van der Waals surface area contributed by atoms with E-state index >= 15 is 0 Å². The third-order valence-corrected chi connectivity index (χ3v) is 14.9. The van der Waals surface area contributed by atoms with Crippen LogP contribution in [0.25, 0.3) is 0 Å². The molecular weight excluding hydrogens is 488 g/mol. The fourth-order valence-corrected chi connectivity index (χ4v) is 12.9. The summed E-state index contributed by atoms with van der Waals surface area (Å²) in [5, 5.41) is 0. The SMILES string of the molecule is COC1=CC(=O)[C@@H]2[C@H](c3ccc(OC)c(OC)c3)[C@@H](O[Si](C(C)C)(C(C)C)C(C)C)C[C@H]1C2(OC)OC. The van der Waals surface area contributed by atoms with Crippen LogP contribution in [0.2, 0.25) is 16.6 Å². The lowest BCUT2D eigenvalue weighted by Gasteiger charge is -2.56. The smallest absolute Gasteiger partial charge is 0.200 e. The molecule has 7 nitrogen and oxygen atoms in total. The van der Waals surface area contributed by atoms with Gasteiger partial charge in [-0.3, -0.25) is 4.79 Å². The van der Waals surface area contributed by atoms with Crippen LogP contribution in [0.1, 0.15) is 59.4 Å². The number of hydrogen-bond acceptors (Lipinski definition) is 7. The van der Waals surface area contributed by atoms with Crippen molar-refractivity contribution >= 4 is 14.1 Å². The van der Waals surface area contributed by atoms with Crippen molar-refractivity contribution in [2.45, 2.75) is 82.4 Å². The van der Waals surface area contributed by atoms with Crippen LogP contribution in [0, 0.1) is 11.8 Å². The van der Waals surface area contributed by atoms with Gasteiger partial charge < -0.3 is 28.1 Å². The van der Waals surface area contributed by atoms with Crippen molar-refractivity contribution in [2.24, 2.45) is 11.8 Å². The Balaban J connectivity index is 2.29. The summed E-state index contributed by atoms with van der Waals surface area (Å²) in [5.74, 6) is -0.665. The van der Waals surface area contributed by atoms with E-state index in [2.05, 4.69) is 41.5 Å². The second-order valence-corrected chi connectivity index (χ2v) is 16.6. The molecule has 0 amide bonds. The lowest BCUT2D eigenvalue weighted by molar-refractivity contribution is -0.289. The highest BCUT2D eigenvalue weighted by atomic mass is 28.4. The van der Waals surface area contributed by atoms with E-state index in [1.54, 1.807) is 41.6 Å². The van der Waals surface area contributed by atoms with Crippen molar-refractivity contribution < 1.29 is 32.9 Å². The summed E-state index contributed by atoms with van der Waals surface area (Å²) in [5.41, 5.74) is 2.11. The zero-order valence-corrected chi connectivity index (χ0v) is 25.4. The van der Waals surface area contributed by atoms with E-state index in [9.17, 15) is 4.79 Å². The quantitative estimate of drug-likeness (QED) is 0.251. The Morgan fingerprint density at radius 3 is 1.86 bits per heavy atom. The Bertz CT molecular complexity index is 961. The highest BCUT2D eigenvalue weighted by Crippen LogP contribution is 2.57. The standard InChI is InChI=1S/C29H46O7Si/c1-17(2)37(18(3)4,19(5)6)36-26-15-21-24(32-8)16-22(30)28(29(21,34-10)35-11)27(26)20-12-13-23(31-7)25(14-20)33-9/h12-14,16-19,21,26-28H,15H2,1-11H3/t21-,26+,27-,28-/m1/s1. The molecule has 0 N–H and O–H groups in total. The average Bonchev–Trinajstić information content (AvgIpc) is 2.87. The molecule has 1 saturated carbocycles. The Morgan fingerprint density at radius 1 is 0.838 bits per heavy atom. The van der Waals surface area contributed by atoms with E-state index in [4.69, 9.17) is 28.1 Å². The van der Waals surface area contributed by atoms with Gasteiger partial charge in [0.25, 0.3) is 0 Å². The molecule has 0 spiro atoms. The van der Waals surface area contributed by atoms with Crippen LogP contribution in [0.3, 0.4) is 0 Å². The Hall–Kier alpha value is -1.87. The minimum atomic E-state index is -2.31. The van der Waals surface area contributed by atoms with Gasteiger partial charge in [0.15, 0.2) is 23.1 Å². The molecule has 4 atom stereocenters. The number of carbonyl (C=O) groups excluding carboxylic acids is 1. The van der Waals surface area contributed by atoms with Crippen LogP contribution in [0.4, 0.5) is 0 Å². The van der Waals surface area contributed by atoms with Gasteiger partial charge in [-0.05, 0) is 40.7 Å². The fourth-order valence-electron chi connectivity index (χ4n) is 7.33. The first-order valence-electron chi connectivity index (χ1n) is 13.3. The third kappa shape index (κ3) is 4.75. The summed E-state index contributed by atoms with van der Waals surface area (Å²) in [6.45, 7) is 13.7. The van der Waals surface area contributed by atoms with Crippen LogP contribution in [0.15, 0.2) is 30.0 Å². The number of methoxy groups -OCH3 is 5. The first-order valence-corrected chi connectivity index (χ1v) is 15.4. The molecule has 2 aliphatic rings. The van der Waals surface area contributed by atoms with Gasteiger partial charge >= 0.3 is 0 Å². The molecule has 3 rings (SSSR count). The number of allylic oxidation sites excluding steroid dienone is 1. The molecule has 8 heteroatoms. The maximum Gasteiger partial charge on any atom is 0.200 e. The average molecular weight is 535 g/mol. The monoisotopic (exact) mass is 534 g/mol. The fraction of sp³-hybridized carbons (Fsp3) is 0.690. The van der Waals surface area contributed by atoms with Gasteiger partial charge in [0.2, 0.25) is 8.32 Å². The van der Waals surface area contributed by atoms with Gasteiger partial charge in [-0.2, -0.15) is 0 Å². The predicted molar refractivity (Wildman–Crippen MR) is 147 cm³/mol. The van der Waals surface area contributed by atoms with Crippen molar-refractivity contribution in [1.82, 2.24) is 0 Å². The molecule has 0 aliphatic heterocycles. The molecule has 2 aliphatic carbocycles. The summed E-state index contributed by atoms with van der Waals surface area (Å²) in [6.07, 6.45) is 1.98. The largest absolute Gasteiger partial charge is 0.500 e. The molecule has 0 unspecified atom stereocenters. The molecule has 37 heavy (non-hydrogen) atoms. The number of benzene rings is 1. The van der Waals surface area contributed by atoms with E-state index in [1.165, 1.54) is 0 Å². The van der Waals surface area contributed by atoms with Gasteiger partial charge in [-0.1, -0.05) is 47.6 Å². The highest BCUT2D eigenvalue weighted by molar-refractivity contribution is 6.77. The van der Waals surface area contributed by atoms with Crippen LogP contribution >= 0.6 is 0 Å². The summed E-state index contributed by atoms with van der Waals surface area (Å²) < 4.78 is 36.5. The van der Waals surface area contributed by atoms with Crippen LogP contribution in [0.5, 0.6) is 11.5 Å². The molecule has 0 saturated heterocycles. The highest BCUT2D eigenvalue weighted by Gasteiger charge is 2.64. The van der Waals surface area contributed by atoms with Gasteiger partial charge in [-0.25, -0.2) is 0 Å². The summed E-state index contributed by atoms with van der Waals surface area (Å²) in [7, 11) is 5.74. The lowest BCUT2D eigenvalue weighted by Crippen LogP contribution is -2.64. The van der Waals surface area contributed by atoms with Crippen LogP contribution < -0.4 is 9.47 Å². The second kappa shape index (κ2) is 11.5. The summed E-state index contributed by atoms with van der Waals surface area (Å²) in [4.78, 5) is 13.9. The number of ketones is 1. The van der Waals surface area contributed by atoms with Crippen molar-refractivity contribution in [3.8, 4) is 11.5 Å². The van der Waals surface area contributed by atoms with Gasteiger partial charge in [0, 0.05) is 26.2 Å². The van der Waals surface area contributed by atoms with Gasteiger partial charge in [-0.15, -0.1) is 0 Å². The van der Waals surface area contributed by atoms with E-state index in [-0.39, 0.29) is 23.7 Å². The zero-order chi connectivity index (χ0) is 27.7. The summed E-state index contributed by atoms with van der Waals surface area (Å²) in [6, 6.07) is 5.85. The number of hydrogen-bond donors (Lipinski definition) is 0. The van der Waals surface area contributed by atoms with Crippen molar-refractivity contribution in [1.29, 1.82) is 0 Å². The maximum absolute atomic E-state index is 13.9. The van der Waals surface area contributed by atoms with E-state index in [1.807, 2.05) is 18.2 Å². The number of carbonyl (C=O) groups is 1. The minimum Gasteiger partial charge on any atom is -0.500 e. The van der Waals surface area contributed by atoms with Crippen molar-refractivity contribution in [3.63, 3.8) is 0 Å². The molecule has 2 bridgehead atoms. The first kappa shape index (κ1) is 29.7. The minimum absolute atomic E-state index is 0.0872. The molecule has 0 aromatic heterocycles. The number of ether oxygens (including phenoxy) is 5. The van der Waals surface area contributed by atoms with Gasteiger partial charge in [0.1, 0.15) is 5.76 Å². The predicted octanol–water partition coefficient (Wildman–Crippen LogP) is 6.09. The van der Waals surface area contributed by atoms with E-state index < -0.39 is 20.0 Å². The molecular formula is C29H46O7Si. The Morgan fingerprint density at radius 2 is 1.41 bits per heavy atom. The Labute approximate surface area is 223 Å². The second-order valence-electron chi connectivity index (χ2n) is 11.2. The molecule has 1 aromatic rings. The van der Waals surface area contributed by atoms with Crippen molar-refractivity contribution in [2.75, 3.05) is 35.5 Å². The van der Waals surface area contributed by atoms with E-state index in [0.717, 1.165) is 5.56 Å².